The van der Waals surface area contributed by atoms with Crippen molar-refractivity contribution in [2.24, 2.45) is 0 Å². The van der Waals surface area contributed by atoms with Crippen LogP contribution in [0.5, 0.6) is 0 Å². The summed E-state index contributed by atoms with van der Waals surface area (Å²) in [7, 11) is 6.15. The first kappa shape index (κ1) is 20.5. The molecule has 0 rings (SSSR count). The van der Waals surface area contributed by atoms with Crippen LogP contribution in [0.15, 0.2) is 0 Å². The first-order chi connectivity index (χ1) is 10.5. The highest BCUT2D eigenvalue weighted by Gasteiger charge is 2.09. The fourth-order valence-corrected chi connectivity index (χ4v) is 1.98. The zero-order chi connectivity index (χ0) is 16.8. The van der Waals surface area contributed by atoms with Crippen LogP contribution in [-0.4, -0.2) is 99.6 Å². The summed E-state index contributed by atoms with van der Waals surface area (Å²) in [4.78, 5) is 8.91. The molecule has 0 aromatic rings. The molecule has 0 spiro atoms. The molecule has 0 aliphatic carbocycles. The van der Waals surface area contributed by atoms with E-state index in [9.17, 15) is 0 Å². The van der Waals surface area contributed by atoms with Crippen LogP contribution in [0, 0.1) is 37.0 Å². The number of likely N-dealkylation sites (N-methyl/N-ethyl adjacent to an activating group) is 3. The molecular formula is C18H30N4. The van der Waals surface area contributed by atoms with Crippen LogP contribution in [0.3, 0.4) is 0 Å². The molecule has 0 aliphatic rings. The molecule has 0 atom stereocenters. The van der Waals surface area contributed by atoms with Crippen molar-refractivity contribution in [2.75, 3.05) is 80.0 Å². The van der Waals surface area contributed by atoms with Gasteiger partial charge in [-0.15, -0.1) is 19.3 Å². The molecule has 0 unspecified atom stereocenters. The molecule has 0 bridgehead atoms. The van der Waals surface area contributed by atoms with Gasteiger partial charge in [0.2, 0.25) is 0 Å². The van der Waals surface area contributed by atoms with E-state index in [1.54, 1.807) is 0 Å². The summed E-state index contributed by atoms with van der Waals surface area (Å²) in [5.41, 5.74) is 0. The van der Waals surface area contributed by atoms with E-state index >= 15 is 0 Å². The Hall–Kier alpha value is -1.48. The van der Waals surface area contributed by atoms with Crippen LogP contribution < -0.4 is 0 Å². The maximum atomic E-state index is 5.34. The van der Waals surface area contributed by atoms with Crippen molar-refractivity contribution in [3.63, 3.8) is 0 Å². The molecule has 0 aromatic carbocycles. The predicted molar refractivity (Wildman–Crippen MR) is 95.4 cm³/mol. The Morgan fingerprint density at radius 2 is 0.818 bits per heavy atom. The molecule has 0 fully saturated rings. The van der Waals surface area contributed by atoms with Gasteiger partial charge < -0.3 is 0 Å². The first-order valence-corrected chi connectivity index (χ1v) is 7.61. The Kier molecular flexibility index (Phi) is 12.3. The Morgan fingerprint density at radius 3 is 1.05 bits per heavy atom. The molecule has 0 saturated heterocycles. The molecule has 0 aliphatic heterocycles. The topological polar surface area (TPSA) is 13.0 Å². The van der Waals surface area contributed by atoms with Crippen LogP contribution in [0.1, 0.15) is 0 Å². The highest BCUT2D eigenvalue weighted by atomic mass is 15.2. The zero-order valence-electron chi connectivity index (χ0n) is 14.4. The monoisotopic (exact) mass is 302 g/mol. The Balaban J connectivity index is 4.28. The molecule has 0 aromatic heterocycles. The third-order valence-corrected chi connectivity index (χ3v) is 3.48. The molecule has 22 heavy (non-hydrogen) atoms. The van der Waals surface area contributed by atoms with E-state index in [0.717, 1.165) is 39.3 Å². The van der Waals surface area contributed by atoms with Crippen LogP contribution in [0.2, 0.25) is 0 Å². The number of hydrogen-bond acceptors (Lipinski definition) is 4. The Morgan fingerprint density at radius 1 is 0.545 bits per heavy atom. The highest BCUT2D eigenvalue weighted by Crippen LogP contribution is 1.94. The average Bonchev–Trinajstić information content (AvgIpc) is 2.47. The van der Waals surface area contributed by atoms with Gasteiger partial charge in [-0.1, -0.05) is 17.8 Å². The molecule has 0 radical (unpaired) electrons. The lowest BCUT2D eigenvalue weighted by Gasteiger charge is -2.28. The van der Waals surface area contributed by atoms with Gasteiger partial charge in [-0.25, -0.2) is 0 Å². The molecule has 0 saturated carbocycles. The molecule has 122 valence electrons. The van der Waals surface area contributed by atoms with E-state index < -0.39 is 0 Å². The van der Waals surface area contributed by atoms with Gasteiger partial charge in [-0.05, 0) is 21.1 Å². The van der Waals surface area contributed by atoms with Crippen LogP contribution in [0.4, 0.5) is 0 Å². The van der Waals surface area contributed by atoms with E-state index in [0.29, 0.717) is 19.6 Å². The van der Waals surface area contributed by atoms with Gasteiger partial charge in [-0.2, -0.15) is 0 Å². The third-order valence-electron chi connectivity index (χ3n) is 3.48. The lowest BCUT2D eigenvalue weighted by molar-refractivity contribution is 0.191. The predicted octanol–water partition coefficient (Wildman–Crippen LogP) is -0.0166. The first-order valence-electron chi connectivity index (χ1n) is 7.61. The van der Waals surface area contributed by atoms with Gasteiger partial charge in [0, 0.05) is 39.3 Å². The lowest BCUT2D eigenvalue weighted by atomic mass is 10.3. The summed E-state index contributed by atoms with van der Waals surface area (Å²) in [5, 5.41) is 0. The smallest absolute Gasteiger partial charge is 0.0596 e. The Labute approximate surface area is 137 Å². The van der Waals surface area contributed by atoms with Gasteiger partial charge in [-0.3, -0.25) is 19.6 Å². The number of rotatable bonds is 12. The Bertz CT molecular complexity index is 337. The van der Waals surface area contributed by atoms with Crippen molar-refractivity contribution in [3.05, 3.63) is 0 Å². The number of hydrogen-bond donors (Lipinski definition) is 0. The summed E-state index contributed by atoms with van der Waals surface area (Å²) < 4.78 is 0. The maximum Gasteiger partial charge on any atom is 0.0596 e. The van der Waals surface area contributed by atoms with E-state index in [-0.39, 0.29) is 0 Å². The molecular weight excluding hydrogens is 272 g/mol. The quantitative estimate of drug-likeness (QED) is 0.470. The standard InChI is InChI=1S/C18H30N4/c1-7-10-19(4)13-16-22(17-14-20(5)11-8-2)18-15-21(6)12-9-3/h1-3H,10-18H2,4-6H3. The van der Waals surface area contributed by atoms with Crippen molar-refractivity contribution >= 4 is 0 Å². The van der Waals surface area contributed by atoms with E-state index in [1.165, 1.54) is 0 Å². The fourth-order valence-electron chi connectivity index (χ4n) is 1.98. The van der Waals surface area contributed by atoms with Crippen molar-refractivity contribution < 1.29 is 0 Å². The number of nitrogens with zero attached hydrogens (tertiary/aromatic N) is 4. The van der Waals surface area contributed by atoms with Crippen LogP contribution in [-0.2, 0) is 0 Å². The molecule has 4 heteroatoms. The molecule has 4 nitrogen and oxygen atoms in total. The second-order valence-corrected chi connectivity index (χ2v) is 5.67. The van der Waals surface area contributed by atoms with Crippen molar-refractivity contribution in [1.29, 1.82) is 0 Å². The average molecular weight is 302 g/mol. The summed E-state index contributed by atoms with van der Waals surface area (Å²) in [6, 6.07) is 0. The van der Waals surface area contributed by atoms with Crippen LogP contribution >= 0.6 is 0 Å². The summed E-state index contributed by atoms with van der Waals surface area (Å²) in [5.74, 6) is 8.02. The summed E-state index contributed by atoms with van der Waals surface area (Å²) >= 11 is 0. The van der Waals surface area contributed by atoms with Gasteiger partial charge in [0.25, 0.3) is 0 Å². The van der Waals surface area contributed by atoms with Gasteiger partial charge in [0.15, 0.2) is 0 Å². The lowest BCUT2D eigenvalue weighted by Crippen LogP contribution is -2.41. The van der Waals surface area contributed by atoms with Crippen molar-refractivity contribution in [1.82, 2.24) is 19.6 Å². The van der Waals surface area contributed by atoms with E-state index in [2.05, 4.69) is 37.4 Å². The molecule has 0 heterocycles. The normalized spacial score (nSPS) is 10.9. The molecule has 0 amide bonds. The number of terminal acetylenes is 3. The fraction of sp³-hybridized carbons (Fsp3) is 0.667. The minimum Gasteiger partial charge on any atom is -0.300 e. The molecule has 0 N–H and O–H groups in total. The second-order valence-electron chi connectivity index (χ2n) is 5.67. The SMILES string of the molecule is C#CCN(C)CCN(CCN(C)CC#C)CCN(C)CC#C. The van der Waals surface area contributed by atoms with Gasteiger partial charge in [0.1, 0.15) is 0 Å². The van der Waals surface area contributed by atoms with Crippen LogP contribution in [0.25, 0.3) is 0 Å². The third kappa shape index (κ3) is 11.2. The van der Waals surface area contributed by atoms with E-state index in [4.69, 9.17) is 19.3 Å². The van der Waals surface area contributed by atoms with E-state index in [1.807, 2.05) is 21.1 Å². The maximum absolute atomic E-state index is 5.34. The highest BCUT2D eigenvalue weighted by molar-refractivity contribution is 4.89. The van der Waals surface area contributed by atoms with Crippen molar-refractivity contribution in [3.8, 4) is 37.0 Å². The summed E-state index contributed by atoms with van der Waals surface area (Å²) in [6.07, 6.45) is 16.0. The summed E-state index contributed by atoms with van der Waals surface area (Å²) in [6.45, 7) is 7.90. The second kappa shape index (κ2) is 13.2. The minimum absolute atomic E-state index is 0.682. The van der Waals surface area contributed by atoms with Crippen molar-refractivity contribution in [2.45, 2.75) is 0 Å². The largest absolute Gasteiger partial charge is 0.300 e. The zero-order valence-corrected chi connectivity index (χ0v) is 14.4. The minimum atomic E-state index is 0.682. The van der Waals surface area contributed by atoms with Gasteiger partial charge in [0.05, 0.1) is 19.6 Å². The van der Waals surface area contributed by atoms with Gasteiger partial charge >= 0.3 is 0 Å².